The van der Waals surface area contributed by atoms with Gasteiger partial charge in [0.2, 0.25) is 0 Å². The van der Waals surface area contributed by atoms with Crippen molar-refractivity contribution in [3.63, 3.8) is 0 Å². The number of aryl methyl sites for hydroxylation is 2. The molecule has 2 atom stereocenters. The minimum atomic E-state index is -0.0711. The third-order valence-electron chi connectivity index (χ3n) is 6.01. The largest absolute Gasteiger partial charge is 0.497 e. The van der Waals surface area contributed by atoms with E-state index in [1.165, 1.54) is 0 Å². The van der Waals surface area contributed by atoms with Gasteiger partial charge in [-0.25, -0.2) is 9.97 Å². The summed E-state index contributed by atoms with van der Waals surface area (Å²) in [6.45, 7) is 10.4. The molecule has 9 heteroatoms. The van der Waals surface area contributed by atoms with Crippen LogP contribution in [-0.2, 0) is 11.3 Å². The van der Waals surface area contributed by atoms with Crippen LogP contribution in [0.2, 0.25) is 0 Å². The molecular formula is C24H31N5O3S. The monoisotopic (exact) mass is 469 g/mol. The van der Waals surface area contributed by atoms with E-state index in [1.807, 2.05) is 57.5 Å². The molecule has 1 aromatic carbocycles. The van der Waals surface area contributed by atoms with E-state index in [-0.39, 0.29) is 17.7 Å². The number of nitrogens with one attached hydrogen (secondary N) is 1. The molecule has 3 heterocycles. The summed E-state index contributed by atoms with van der Waals surface area (Å²) in [4.78, 5) is 25.1. The first-order valence-electron chi connectivity index (χ1n) is 11.3. The first-order chi connectivity index (χ1) is 16.0. The predicted octanol–water partition coefficient (Wildman–Crippen LogP) is 3.72. The van der Waals surface area contributed by atoms with Crippen molar-refractivity contribution in [3.05, 3.63) is 51.4 Å². The lowest BCUT2D eigenvalue weighted by Crippen LogP contribution is -2.38. The lowest BCUT2D eigenvalue weighted by Gasteiger charge is -2.22. The van der Waals surface area contributed by atoms with Crippen LogP contribution in [0.1, 0.15) is 25.1 Å². The van der Waals surface area contributed by atoms with Crippen molar-refractivity contribution in [2.75, 3.05) is 37.0 Å². The van der Waals surface area contributed by atoms with E-state index in [1.54, 1.807) is 23.0 Å². The molecule has 3 aromatic rings. The van der Waals surface area contributed by atoms with E-state index in [0.717, 1.165) is 28.6 Å². The number of nitrogens with zero attached hydrogens (tertiary/aromatic N) is 4. The molecule has 2 aromatic heterocycles. The van der Waals surface area contributed by atoms with Gasteiger partial charge in [-0.1, -0.05) is 0 Å². The Kier molecular flexibility index (Phi) is 6.99. The zero-order valence-corrected chi connectivity index (χ0v) is 20.6. The Balaban J connectivity index is 1.68. The summed E-state index contributed by atoms with van der Waals surface area (Å²) >= 11 is 1.61. The standard InChI is InChI=1S/C24H31N5O3S/c1-6-29-22(18-9-8-17(31-5)12-15(18)3)26-16(4)21(23(29)30)27-19-13-28(14-20(19)32-7-2)24-25-10-11-33-24/h8-12,19-20,27H,6-7,13-14H2,1-5H3/t19-,20-/m1/s1. The topological polar surface area (TPSA) is 81.5 Å². The summed E-state index contributed by atoms with van der Waals surface area (Å²) in [6.07, 6.45) is 1.76. The number of aromatic nitrogens is 3. The van der Waals surface area contributed by atoms with E-state index in [0.29, 0.717) is 36.9 Å². The van der Waals surface area contributed by atoms with E-state index in [2.05, 4.69) is 15.2 Å². The molecule has 0 aliphatic carbocycles. The maximum Gasteiger partial charge on any atom is 0.277 e. The minimum absolute atomic E-state index is 0.0408. The summed E-state index contributed by atoms with van der Waals surface area (Å²) in [6, 6.07) is 5.78. The number of anilines is 2. The SMILES string of the molecule is CCO[C@@H]1CN(c2nccs2)C[C@H]1Nc1c(C)nc(-c2ccc(OC)cc2C)n(CC)c1=O. The van der Waals surface area contributed by atoms with E-state index in [9.17, 15) is 4.79 Å². The number of ether oxygens (including phenoxy) is 2. The fraction of sp³-hybridized carbons (Fsp3) is 0.458. The molecule has 0 radical (unpaired) electrons. The average Bonchev–Trinajstić information content (AvgIpc) is 3.47. The van der Waals surface area contributed by atoms with Gasteiger partial charge < -0.3 is 19.7 Å². The van der Waals surface area contributed by atoms with E-state index in [4.69, 9.17) is 14.5 Å². The first-order valence-corrected chi connectivity index (χ1v) is 12.1. The minimum Gasteiger partial charge on any atom is -0.497 e. The third-order valence-corrected chi connectivity index (χ3v) is 6.84. The fourth-order valence-electron chi connectivity index (χ4n) is 4.35. The van der Waals surface area contributed by atoms with Crippen molar-refractivity contribution < 1.29 is 9.47 Å². The molecule has 0 spiro atoms. The molecule has 1 aliphatic rings. The quantitative estimate of drug-likeness (QED) is 0.538. The molecule has 1 aliphatic heterocycles. The van der Waals surface area contributed by atoms with Crippen molar-refractivity contribution in [1.82, 2.24) is 14.5 Å². The van der Waals surface area contributed by atoms with Crippen LogP contribution in [0.15, 0.2) is 34.6 Å². The summed E-state index contributed by atoms with van der Waals surface area (Å²) in [5.74, 6) is 1.45. The highest BCUT2D eigenvalue weighted by Crippen LogP contribution is 2.28. The van der Waals surface area contributed by atoms with Gasteiger partial charge in [-0.3, -0.25) is 9.36 Å². The van der Waals surface area contributed by atoms with E-state index < -0.39 is 0 Å². The highest BCUT2D eigenvalue weighted by molar-refractivity contribution is 7.13. The van der Waals surface area contributed by atoms with Crippen LogP contribution in [0.4, 0.5) is 10.8 Å². The summed E-state index contributed by atoms with van der Waals surface area (Å²) in [5.41, 5.74) is 3.07. The molecule has 8 nitrogen and oxygen atoms in total. The number of rotatable bonds is 8. The van der Waals surface area contributed by atoms with Gasteiger partial charge in [-0.05, 0) is 51.5 Å². The highest BCUT2D eigenvalue weighted by Gasteiger charge is 2.35. The van der Waals surface area contributed by atoms with Gasteiger partial charge in [0.1, 0.15) is 17.3 Å². The maximum atomic E-state index is 13.6. The number of hydrogen-bond donors (Lipinski definition) is 1. The van der Waals surface area contributed by atoms with Crippen LogP contribution >= 0.6 is 11.3 Å². The van der Waals surface area contributed by atoms with Gasteiger partial charge in [0.25, 0.3) is 5.56 Å². The lowest BCUT2D eigenvalue weighted by atomic mass is 10.1. The zero-order chi connectivity index (χ0) is 23.5. The van der Waals surface area contributed by atoms with Gasteiger partial charge >= 0.3 is 0 Å². The lowest BCUT2D eigenvalue weighted by molar-refractivity contribution is 0.0720. The predicted molar refractivity (Wildman–Crippen MR) is 133 cm³/mol. The van der Waals surface area contributed by atoms with Crippen LogP contribution in [-0.4, -0.2) is 53.5 Å². The Labute approximate surface area is 198 Å². The molecule has 176 valence electrons. The molecule has 0 saturated carbocycles. The fourth-order valence-corrected chi connectivity index (χ4v) is 5.01. The van der Waals surface area contributed by atoms with Crippen molar-refractivity contribution in [2.45, 2.75) is 46.4 Å². The maximum absolute atomic E-state index is 13.6. The molecule has 1 N–H and O–H groups in total. The molecule has 1 fully saturated rings. The van der Waals surface area contributed by atoms with Gasteiger partial charge in [-0.15, -0.1) is 11.3 Å². The first kappa shape index (κ1) is 23.3. The summed E-state index contributed by atoms with van der Waals surface area (Å²) in [7, 11) is 1.65. The van der Waals surface area contributed by atoms with E-state index >= 15 is 0 Å². The Morgan fingerprint density at radius 1 is 1.24 bits per heavy atom. The highest BCUT2D eigenvalue weighted by atomic mass is 32.1. The Morgan fingerprint density at radius 2 is 2.06 bits per heavy atom. The molecule has 0 amide bonds. The summed E-state index contributed by atoms with van der Waals surface area (Å²) in [5, 5.41) is 6.42. The van der Waals surface area contributed by atoms with Crippen molar-refractivity contribution in [1.29, 1.82) is 0 Å². The Hall–Kier alpha value is -2.91. The van der Waals surface area contributed by atoms with Crippen LogP contribution in [0, 0.1) is 13.8 Å². The molecule has 1 saturated heterocycles. The van der Waals surface area contributed by atoms with Crippen LogP contribution in [0.25, 0.3) is 11.4 Å². The Bertz CT molecular complexity index is 1160. The molecule has 0 unspecified atom stereocenters. The van der Waals surface area contributed by atoms with Gasteiger partial charge in [-0.2, -0.15) is 0 Å². The normalized spacial score (nSPS) is 18.0. The van der Waals surface area contributed by atoms with Crippen molar-refractivity contribution in [2.24, 2.45) is 0 Å². The third kappa shape index (κ3) is 4.60. The second kappa shape index (κ2) is 9.93. The smallest absolute Gasteiger partial charge is 0.277 e. The van der Waals surface area contributed by atoms with Gasteiger partial charge in [0, 0.05) is 43.4 Å². The Morgan fingerprint density at radius 3 is 2.70 bits per heavy atom. The van der Waals surface area contributed by atoms with Gasteiger partial charge in [0.05, 0.1) is 24.9 Å². The van der Waals surface area contributed by atoms with Crippen LogP contribution in [0.3, 0.4) is 0 Å². The molecule has 33 heavy (non-hydrogen) atoms. The number of methoxy groups -OCH3 is 1. The number of hydrogen-bond acceptors (Lipinski definition) is 8. The second-order valence-electron chi connectivity index (χ2n) is 8.09. The van der Waals surface area contributed by atoms with Crippen LogP contribution in [0.5, 0.6) is 5.75 Å². The average molecular weight is 470 g/mol. The van der Waals surface area contributed by atoms with Crippen molar-refractivity contribution >= 4 is 22.2 Å². The molecule has 0 bridgehead atoms. The van der Waals surface area contributed by atoms with Crippen LogP contribution < -0.4 is 20.5 Å². The van der Waals surface area contributed by atoms with Gasteiger partial charge in [0.15, 0.2) is 5.13 Å². The number of thiazole rings is 1. The second-order valence-corrected chi connectivity index (χ2v) is 8.96. The summed E-state index contributed by atoms with van der Waals surface area (Å²) < 4.78 is 13.1. The zero-order valence-electron chi connectivity index (χ0n) is 19.8. The molecule has 4 rings (SSSR count). The number of benzene rings is 1. The molecular weight excluding hydrogens is 438 g/mol. The van der Waals surface area contributed by atoms with Crippen molar-refractivity contribution in [3.8, 4) is 17.1 Å².